The maximum absolute atomic E-state index is 13.2. The van der Waals surface area contributed by atoms with Crippen LogP contribution in [0.1, 0.15) is 72.0 Å². The van der Waals surface area contributed by atoms with E-state index < -0.39 is 5.97 Å². The summed E-state index contributed by atoms with van der Waals surface area (Å²) in [4.78, 5) is 24.3. The fourth-order valence-electron chi connectivity index (χ4n) is 3.87. The zero-order chi connectivity index (χ0) is 25.8. The van der Waals surface area contributed by atoms with Gasteiger partial charge in [-0.25, -0.2) is 4.79 Å². The van der Waals surface area contributed by atoms with E-state index in [4.69, 9.17) is 9.84 Å². The summed E-state index contributed by atoms with van der Waals surface area (Å²) in [6.45, 7) is 13.3. The van der Waals surface area contributed by atoms with Crippen molar-refractivity contribution in [2.75, 3.05) is 6.61 Å². The van der Waals surface area contributed by atoms with Crippen LogP contribution in [-0.2, 0) is 5.41 Å². The molecule has 0 fully saturated rings. The fraction of sp³-hybridized carbons (Fsp3) is 0.290. The van der Waals surface area contributed by atoms with E-state index in [1.807, 2.05) is 12.1 Å². The number of rotatable bonds is 8. The summed E-state index contributed by atoms with van der Waals surface area (Å²) >= 11 is 0. The maximum atomic E-state index is 13.2. The van der Waals surface area contributed by atoms with Crippen molar-refractivity contribution in [2.45, 2.75) is 47.0 Å². The number of carboxylic acids is 1. The van der Waals surface area contributed by atoms with Gasteiger partial charge in [-0.05, 0) is 65.3 Å². The predicted molar refractivity (Wildman–Crippen MR) is 142 cm³/mol. The molecule has 0 bridgehead atoms. The molecule has 4 heteroatoms. The Morgan fingerprint density at radius 2 is 1.57 bits per heavy atom. The molecule has 0 aromatic heterocycles. The van der Waals surface area contributed by atoms with Gasteiger partial charge in [0.05, 0.1) is 12.2 Å². The van der Waals surface area contributed by atoms with Crippen molar-refractivity contribution < 1.29 is 19.4 Å². The van der Waals surface area contributed by atoms with Crippen molar-refractivity contribution in [3.8, 4) is 16.9 Å². The lowest BCUT2D eigenvalue weighted by Crippen LogP contribution is -2.17. The van der Waals surface area contributed by atoms with Crippen LogP contribution in [0, 0.1) is 12.8 Å². The second kappa shape index (κ2) is 10.7. The first-order valence-corrected chi connectivity index (χ1v) is 11.9. The van der Waals surface area contributed by atoms with Crippen LogP contribution in [0.25, 0.3) is 17.2 Å². The van der Waals surface area contributed by atoms with Crippen LogP contribution in [-0.4, -0.2) is 23.5 Å². The van der Waals surface area contributed by atoms with E-state index in [9.17, 15) is 9.59 Å². The molecule has 182 valence electrons. The van der Waals surface area contributed by atoms with Crippen LogP contribution in [0.5, 0.6) is 5.75 Å². The first kappa shape index (κ1) is 26.0. The molecule has 0 saturated heterocycles. The number of hydrogen-bond acceptors (Lipinski definition) is 3. The average molecular weight is 471 g/mol. The molecule has 0 radical (unpaired) electrons. The number of benzene rings is 3. The molecule has 0 amide bonds. The minimum atomic E-state index is -0.979. The van der Waals surface area contributed by atoms with Crippen LogP contribution in [0.4, 0.5) is 0 Å². The van der Waals surface area contributed by atoms with Gasteiger partial charge in [-0.2, -0.15) is 0 Å². The Hall–Kier alpha value is -3.66. The van der Waals surface area contributed by atoms with Crippen LogP contribution >= 0.6 is 0 Å². The largest absolute Gasteiger partial charge is 0.493 e. The standard InChI is InChI=1S/C31H34O4/c1-20(2)19-35-28-18-25(27(32)16-11-22-9-14-24(15-10-22)30(33)34)17-26(29(28)31(4,5)6)23-12-7-21(3)8-13-23/h7-18,20H,19H2,1-6H3,(H,33,34)/b16-11+. The third kappa shape index (κ3) is 6.69. The van der Waals surface area contributed by atoms with Gasteiger partial charge in [-0.1, -0.05) is 82.7 Å². The SMILES string of the molecule is Cc1ccc(-c2cc(C(=O)/C=C/c3ccc(C(=O)O)cc3)cc(OCC(C)C)c2C(C)(C)C)cc1. The molecule has 0 aliphatic rings. The molecule has 3 rings (SSSR count). The summed E-state index contributed by atoms with van der Waals surface area (Å²) in [5.41, 5.74) is 5.59. The Labute approximate surface area is 208 Å². The molecule has 35 heavy (non-hydrogen) atoms. The van der Waals surface area contributed by atoms with E-state index in [0.717, 1.165) is 28.0 Å². The number of carboxylic acid groups (broad SMARTS) is 1. The molecular formula is C31H34O4. The molecular weight excluding hydrogens is 436 g/mol. The molecule has 0 heterocycles. The van der Waals surface area contributed by atoms with Gasteiger partial charge in [0.15, 0.2) is 5.78 Å². The van der Waals surface area contributed by atoms with Crippen LogP contribution in [0.3, 0.4) is 0 Å². The highest BCUT2D eigenvalue weighted by Crippen LogP contribution is 2.41. The normalized spacial score (nSPS) is 11.7. The highest BCUT2D eigenvalue weighted by Gasteiger charge is 2.26. The van der Waals surface area contributed by atoms with E-state index in [0.29, 0.717) is 18.1 Å². The topological polar surface area (TPSA) is 63.6 Å². The number of carbonyl (C=O) groups excluding carboxylic acids is 1. The Morgan fingerprint density at radius 3 is 2.11 bits per heavy atom. The number of allylic oxidation sites excluding steroid dienone is 1. The summed E-state index contributed by atoms with van der Waals surface area (Å²) in [5, 5.41) is 9.08. The van der Waals surface area contributed by atoms with Crippen molar-refractivity contribution in [1.82, 2.24) is 0 Å². The second-order valence-electron chi connectivity index (χ2n) is 10.3. The van der Waals surface area contributed by atoms with Crippen LogP contribution in [0.15, 0.2) is 66.7 Å². The minimum absolute atomic E-state index is 0.143. The number of ketones is 1. The third-order valence-electron chi connectivity index (χ3n) is 5.66. The van der Waals surface area contributed by atoms with Crippen molar-refractivity contribution in [1.29, 1.82) is 0 Å². The van der Waals surface area contributed by atoms with E-state index in [-0.39, 0.29) is 16.8 Å². The van der Waals surface area contributed by atoms with Crippen LogP contribution in [0.2, 0.25) is 0 Å². The van der Waals surface area contributed by atoms with E-state index in [1.54, 1.807) is 18.2 Å². The van der Waals surface area contributed by atoms with Gasteiger partial charge in [-0.3, -0.25) is 4.79 Å². The Morgan fingerprint density at radius 1 is 0.943 bits per heavy atom. The molecule has 3 aromatic carbocycles. The fourth-order valence-corrected chi connectivity index (χ4v) is 3.87. The lowest BCUT2D eigenvalue weighted by atomic mass is 9.80. The highest BCUT2D eigenvalue weighted by molar-refractivity contribution is 6.08. The van der Waals surface area contributed by atoms with E-state index in [2.05, 4.69) is 65.8 Å². The number of aryl methyl sites for hydroxylation is 1. The molecule has 0 spiro atoms. The second-order valence-corrected chi connectivity index (χ2v) is 10.3. The average Bonchev–Trinajstić information content (AvgIpc) is 2.80. The Bertz CT molecular complexity index is 1220. The maximum Gasteiger partial charge on any atom is 0.335 e. The number of hydrogen-bond donors (Lipinski definition) is 1. The van der Waals surface area contributed by atoms with Crippen molar-refractivity contribution in [2.24, 2.45) is 5.92 Å². The van der Waals surface area contributed by atoms with Crippen LogP contribution < -0.4 is 4.74 Å². The number of carbonyl (C=O) groups is 2. The first-order chi connectivity index (χ1) is 16.5. The van der Waals surface area contributed by atoms with Gasteiger partial charge < -0.3 is 9.84 Å². The molecule has 0 saturated carbocycles. The van der Waals surface area contributed by atoms with Gasteiger partial charge in [0.2, 0.25) is 0 Å². The molecule has 1 N–H and O–H groups in total. The quantitative estimate of drug-likeness (QED) is 0.272. The molecule has 0 atom stereocenters. The molecule has 4 nitrogen and oxygen atoms in total. The van der Waals surface area contributed by atoms with Gasteiger partial charge in [0.1, 0.15) is 5.75 Å². The van der Waals surface area contributed by atoms with Gasteiger partial charge >= 0.3 is 5.97 Å². The lowest BCUT2D eigenvalue weighted by molar-refractivity contribution is 0.0696. The highest BCUT2D eigenvalue weighted by atomic mass is 16.5. The summed E-state index contributed by atoms with van der Waals surface area (Å²) in [6.07, 6.45) is 3.22. The number of aromatic carboxylic acids is 1. The molecule has 0 aliphatic carbocycles. The summed E-state index contributed by atoms with van der Waals surface area (Å²) in [7, 11) is 0. The zero-order valence-corrected chi connectivity index (χ0v) is 21.4. The first-order valence-electron chi connectivity index (χ1n) is 11.9. The minimum Gasteiger partial charge on any atom is -0.493 e. The van der Waals surface area contributed by atoms with Crippen molar-refractivity contribution in [3.63, 3.8) is 0 Å². The summed E-state index contributed by atoms with van der Waals surface area (Å²) in [5.74, 6) is -0.0471. The smallest absolute Gasteiger partial charge is 0.335 e. The third-order valence-corrected chi connectivity index (χ3v) is 5.66. The molecule has 0 unspecified atom stereocenters. The van der Waals surface area contributed by atoms with Gasteiger partial charge in [0, 0.05) is 11.1 Å². The zero-order valence-electron chi connectivity index (χ0n) is 21.4. The van der Waals surface area contributed by atoms with E-state index >= 15 is 0 Å². The van der Waals surface area contributed by atoms with Gasteiger partial charge in [-0.15, -0.1) is 0 Å². The lowest BCUT2D eigenvalue weighted by Gasteiger charge is -2.27. The molecule has 0 aliphatic heterocycles. The predicted octanol–water partition coefficient (Wildman–Crippen LogP) is 7.59. The van der Waals surface area contributed by atoms with E-state index in [1.165, 1.54) is 23.8 Å². The number of ether oxygens (including phenoxy) is 1. The molecule has 3 aromatic rings. The monoisotopic (exact) mass is 470 g/mol. The van der Waals surface area contributed by atoms with Gasteiger partial charge in [0.25, 0.3) is 0 Å². The van der Waals surface area contributed by atoms with Crippen molar-refractivity contribution in [3.05, 3.63) is 94.6 Å². The summed E-state index contributed by atoms with van der Waals surface area (Å²) < 4.78 is 6.27. The Balaban J connectivity index is 2.08. The Kier molecular flexibility index (Phi) is 7.96. The summed E-state index contributed by atoms with van der Waals surface area (Å²) in [6, 6.07) is 18.5. The van der Waals surface area contributed by atoms with Crippen molar-refractivity contribution >= 4 is 17.8 Å².